The summed E-state index contributed by atoms with van der Waals surface area (Å²) in [7, 11) is 1.72. The number of anilines is 1. The van der Waals surface area contributed by atoms with E-state index in [1.807, 2.05) is 6.20 Å². The molecular formula is C25H32N4O. The first kappa shape index (κ1) is 19.4. The normalized spacial score (nSPS) is 15.6. The molecule has 2 aliphatic carbocycles. The van der Waals surface area contributed by atoms with Crippen molar-refractivity contribution in [2.45, 2.75) is 59.3 Å². The Morgan fingerprint density at radius 2 is 1.93 bits per heavy atom. The zero-order valence-corrected chi connectivity index (χ0v) is 18.7. The summed E-state index contributed by atoms with van der Waals surface area (Å²) >= 11 is 0. The number of fused-ring (bicyclic) bond motifs is 2. The van der Waals surface area contributed by atoms with Gasteiger partial charge in [0, 0.05) is 29.9 Å². The minimum Gasteiger partial charge on any atom is -0.497 e. The zero-order valence-electron chi connectivity index (χ0n) is 18.7. The summed E-state index contributed by atoms with van der Waals surface area (Å²) in [5.41, 5.74) is 8.47. The summed E-state index contributed by atoms with van der Waals surface area (Å²) in [6, 6.07) is 4.22. The lowest BCUT2D eigenvalue weighted by molar-refractivity contribution is 0.414. The number of methoxy groups -OCH3 is 1. The Labute approximate surface area is 179 Å². The van der Waals surface area contributed by atoms with Crippen molar-refractivity contribution in [3.8, 4) is 16.9 Å². The van der Waals surface area contributed by atoms with Crippen molar-refractivity contribution < 1.29 is 4.74 Å². The van der Waals surface area contributed by atoms with Gasteiger partial charge in [-0.3, -0.25) is 0 Å². The first-order valence-electron chi connectivity index (χ1n) is 11.4. The Morgan fingerprint density at radius 1 is 1.17 bits per heavy atom. The molecule has 0 saturated heterocycles. The molecule has 0 unspecified atom stereocenters. The molecule has 3 aromatic rings. The van der Waals surface area contributed by atoms with E-state index in [0.717, 1.165) is 55.2 Å². The summed E-state index contributed by atoms with van der Waals surface area (Å²) in [6.45, 7) is 8.81. The monoisotopic (exact) mass is 404 g/mol. The van der Waals surface area contributed by atoms with E-state index in [9.17, 15) is 0 Å². The van der Waals surface area contributed by atoms with E-state index < -0.39 is 0 Å². The van der Waals surface area contributed by atoms with E-state index in [4.69, 9.17) is 14.8 Å². The molecule has 2 heterocycles. The molecule has 5 rings (SSSR count). The maximum Gasteiger partial charge on any atom is 0.165 e. The van der Waals surface area contributed by atoms with Crippen LogP contribution in [0.2, 0.25) is 0 Å². The summed E-state index contributed by atoms with van der Waals surface area (Å²) in [4.78, 5) is 7.76. The molecule has 2 aliphatic rings. The molecule has 0 bridgehead atoms. The van der Waals surface area contributed by atoms with Gasteiger partial charge in [0.05, 0.1) is 13.3 Å². The first-order chi connectivity index (χ1) is 14.6. The number of aromatic nitrogens is 3. The molecule has 5 heteroatoms. The van der Waals surface area contributed by atoms with Crippen molar-refractivity contribution in [2.24, 2.45) is 5.92 Å². The molecule has 0 aliphatic heterocycles. The Balaban J connectivity index is 1.71. The van der Waals surface area contributed by atoms with E-state index in [2.05, 4.69) is 42.3 Å². The third kappa shape index (κ3) is 3.24. The Bertz CT molecular complexity index is 1070. The lowest BCUT2D eigenvalue weighted by Crippen LogP contribution is -2.30. The molecule has 0 N–H and O–H groups in total. The van der Waals surface area contributed by atoms with Crippen LogP contribution in [0.4, 0.5) is 5.82 Å². The molecule has 1 fully saturated rings. The molecule has 1 aromatic carbocycles. The standard InChI is InChI=1S/C25H32N4O/c1-5-11-28(15-18-9-10-18)25-20-7-6-8-22(20)27-24-21(14-26-29(24)25)23-16(2)12-19(30-4)13-17(23)3/h12-14,18H,5-11,15H2,1-4H3. The van der Waals surface area contributed by atoms with E-state index in [-0.39, 0.29) is 0 Å². The van der Waals surface area contributed by atoms with Gasteiger partial charge in [0.25, 0.3) is 0 Å². The first-order valence-corrected chi connectivity index (χ1v) is 11.4. The second-order valence-corrected chi connectivity index (χ2v) is 9.03. The lowest BCUT2D eigenvalue weighted by atomic mass is 9.97. The average Bonchev–Trinajstić information content (AvgIpc) is 3.26. The maximum absolute atomic E-state index is 5.47. The Kier molecular flexibility index (Phi) is 4.92. The highest BCUT2D eigenvalue weighted by atomic mass is 16.5. The van der Waals surface area contributed by atoms with Crippen LogP contribution in [-0.4, -0.2) is 34.8 Å². The van der Waals surface area contributed by atoms with Crippen LogP contribution >= 0.6 is 0 Å². The molecule has 158 valence electrons. The van der Waals surface area contributed by atoms with Gasteiger partial charge >= 0.3 is 0 Å². The van der Waals surface area contributed by atoms with Gasteiger partial charge < -0.3 is 9.64 Å². The lowest BCUT2D eigenvalue weighted by Gasteiger charge is -2.27. The second-order valence-electron chi connectivity index (χ2n) is 9.03. The number of rotatable bonds is 7. The molecule has 0 amide bonds. The summed E-state index contributed by atoms with van der Waals surface area (Å²) in [5.74, 6) is 3.05. The van der Waals surface area contributed by atoms with Crippen molar-refractivity contribution >= 4 is 11.5 Å². The maximum atomic E-state index is 5.47. The summed E-state index contributed by atoms with van der Waals surface area (Å²) < 4.78 is 7.61. The van der Waals surface area contributed by atoms with Crippen LogP contribution in [0.3, 0.4) is 0 Å². The third-order valence-corrected chi connectivity index (χ3v) is 6.62. The molecule has 0 radical (unpaired) electrons. The van der Waals surface area contributed by atoms with Crippen molar-refractivity contribution in [3.05, 3.63) is 40.7 Å². The van der Waals surface area contributed by atoms with E-state index in [0.29, 0.717) is 0 Å². The van der Waals surface area contributed by atoms with E-state index >= 15 is 0 Å². The zero-order chi connectivity index (χ0) is 20.8. The highest BCUT2D eigenvalue weighted by Gasteiger charge is 2.30. The molecule has 0 atom stereocenters. The van der Waals surface area contributed by atoms with Gasteiger partial charge in [-0.2, -0.15) is 9.61 Å². The number of benzene rings is 1. The van der Waals surface area contributed by atoms with Crippen molar-refractivity contribution in [2.75, 3.05) is 25.1 Å². The van der Waals surface area contributed by atoms with Gasteiger partial charge in [-0.15, -0.1) is 0 Å². The van der Waals surface area contributed by atoms with Crippen LogP contribution in [0, 0.1) is 19.8 Å². The van der Waals surface area contributed by atoms with Gasteiger partial charge in [0.15, 0.2) is 5.65 Å². The fraction of sp³-hybridized carbons (Fsp3) is 0.520. The third-order valence-electron chi connectivity index (χ3n) is 6.62. The number of aryl methyl sites for hydroxylation is 3. The van der Waals surface area contributed by atoms with Gasteiger partial charge in [-0.1, -0.05) is 6.92 Å². The predicted molar refractivity (Wildman–Crippen MR) is 122 cm³/mol. The summed E-state index contributed by atoms with van der Waals surface area (Å²) in [5, 5.41) is 4.91. The van der Waals surface area contributed by atoms with E-state index in [1.165, 1.54) is 53.0 Å². The van der Waals surface area contributed by atoms with Crippen LogP contribution in [0.15, 0.2) is 18.3 Å². The number of nitrogens with zero attached hydrogens (tertiary/aromatic N) is 4. The molecule has 5 nitrogen and oxygen atoms in total. The van der Waals surface area contributed by atoms with Crippen LogP contribution in [0.5, 0.6) is 5.75 Å². The van der Waals surface area contributed by atoms with Crippen molar-refractivity contribution in [3.63, 3.8) is 0 Å². The minimum atomic E-state index is 0.845. The molecule has 0 spiro atoms. The van der Waals surface area contributed by atoms with Crippen LogP contribution in [0.1, 0.15) is 55.0 Å². The highest BCUT2D eigenvalue weighted by Crippen LogP contribution is 2.39. The SMILES string of the molecule is CCCN(CC1CC1)c1c2c(nc3c(-c4c(C)cc(OC)cc4C)cnn13)CCC2. The smallest absolute Gasteiger partial charge is 0.165 e. The largest absolute Gasteiger partial charge is 0.497 e. The van der Waals surface area contributed by atoms with Gasteiger partial charge in [0.1, 0.15) is 11.6 Å². The summed E-state index contributed by atoms with van der Waals surface area (Å²) in [6.07, 6.45) is 9.29. The van der Waals surface area contributed by atoms with Crippen LogP contribution in [0.25, 0.3) is 16.8 Å². The molecule has 2 aromatic heterocycles. The van der Waals surface area contributed by atoms with Gasteiger partial charge in [-0.05, 0) is 87.1 Å². The quantitative estimate of drug-likeness (QED) is 0.547. The van der Waals surface area contributed by atoms with E-state index in [1.54, 1.807) is 7.11 Å². The minimum absolute atomic E-state index is 0.845. The Morgan fingerprint density at radius 3 is 2.60 bits per heavy atom. The predicted octanol–water partition coefficient (Wildman–Crippen LogP) is 5.14. The van der Waals surface area contributed by atoms with Crippen molar-refractivity contribution in [1.82, 2.24) is 14.6 Å². The fourth-order valence-electron chi connectivity index (χ4n) is 5.09. The molecule has 1 saturated carbocycles. The Hall–Kier alpha value is -2.56. The van der Waals surface area contributed by atoms with Crippen LogP contribution < -0.4 is 9.64 Å². The number of hydrogen-bond donors (Lipinski definition) is 0. The number of ether oxygens (including phenoxy) is 1. The highest BCUT2D eigenvalue weighted by molar-refractivity contribution is 5.83. The second kappa shape index (κ2) is 7.60. The average molecular weight is 405 g/mol. The number of hydrogen-bond acceptors (Lipinski definition) is 4. The van der Waals surface area contributed by atoms with Crippen molar-refractivity contribution in [1.29, 1.82) is 0 Å². The van der Waals surface area contributed by atoms with Gasteiger partial charge in [0.2, 0.25) is 0 Å². The van der Waals surface area contributed by atoms with Gasteiger partial charge in [-0.25, -0.2) is 4.98 Å². The van der Waals surface area contributed by atoms with Crippen LogP contribution in [-0.2, 0) is 12.8 Å². The molecular weight excluding hydrogens is 372 g/mol. The fourth-order valence-corrected chi connectivity index (χ4v) is 5.09. The topological polar surface area (TPSA) is 42.7 Å². The molecule has 30 heavy (non-hydrogen) atoms.